The number of anilines is 1. The Bertz CT molecular complexity index is 398. The van der Waals surface area contributed by atoms with E-state index in [1.807, 2.05) is 6.92 Å². The van der Waals surface area contributed by atoms with Crippen LogP contribution in [-0.4, -0.2) is 18.2 Å². The normalized spacial score (nSPS) is 12.5. The van der Waals surface area contributed by atoms with E-state index in [9.17, 15) is 13.6 Å². The van der Waals surface area contributed by atoms with Crippen LogP contribution in [-0.2, 0) is 4.79 Å². The molecule has 6 heteroatoms. The van der Waals surface area contributed by atoms with E-state index in [-0.39, 0.29) is 11.8 Å². The van der Waals surface area contributed by atoms with Crippen molar-refractivity contribution in [2.75, 3.05) is 11.9 Å². The molecule has 0 bridgehead atoms. The van der Waals surface area contributed by atoms with Crippen molar-refractivity contribution in [3.8, 4) is 0 Å². The van der Waals surface area contributed by atoms with Crippen molar-refractivity contribution >= 4 is 23.4 Å². The number of nitrogens with two attached hydrogens (primary N) is 1. The van der Waals surface area contributed by atoms with E-state index in [0.717, 1.165) is 12.8 Å². The monoisotopic (exact) mass is 288 g/mol. The molecule has 1 aromatic carbocycles. The fourth-order valence-corrected chi connectivity index (χ4v) is 2.17. The maximum atomic E-state index is 12.1. The number of amides is 1. The van der Waals surface area contributed by atoms with Crippen molar-refractivity contribution in [3.63, 3.8) is 0 Å². The highest BCUT2D eigenvalue weighted by Gasteiger charge is 2.15. The van der Waals surface area contributed by atoms with Gasteiger partial charge in [-0.3, -0.25) is 4.79 Å². The molecular weight excluding hydrogens is 270 g/mol. The quantitative estimate of drug-likeness (QED) is 0.757. The number of alkyl halides is 2. The van der Waals surface area contributed by atoms with Crippen LogP contribution < -0.4 is 11.1 Å². The van der Waals surface area contributed by atoms with Crippen molar-refractivity contribution < 1.29 is 13.6 Å². The van der Waals surface area contributed by atoms with Gasteiger partial charge in [0.05, 0.1) is 5.92 Å². The molecule has 0 fully saturated rings. The van der Waals surface area contributed by atoms with Gasteiger partial charge in [-0.25, -0.2) is 0 Å². The largest absolute Gasteiger partial charge is 0.330 e. The van der Waals surface area contributed by atoms with Crippen LogP contribution in [0.5, 0.6) is 0 Å². The number of thioether (sulfide) groups is 1. The summed E-state index contributed by atoms with van der Waals surface area (Å²) in [6, 6.07) is 6.34. The van der Waals surface area contributed by atoms with Crippen LogP contribution in [0.3, 0.4) is 0 Å². The molecule has 1 rings (SSSR count). The Labute approximate surface area is 115 Å². The van der Waals surface area contributed by atoms with Crippen molar-refractivity contribution in [2.24, 2.45) is 11.7 Å². The highest BCUT2D eigenvalue weighted by molar-refractivity contribution is 7.99. The SMILES string of the molecule is CCCC(CN)C(=O)Nc1ccc(SC(F)F)cc1. The molecule has 19 heavy (non-hydrogen) atoms. The zero-order valence-corrected chi connectivity index (χ0v) is 11.6. The number of carbonyl (C=O) groups excluding carboxylic acids is 1. The van der Waals surface area contributed by atoms with Gasteiger partial charge in [0.2, 0.25) is 5.91 Å². The van der Waals surface area contributed by atoms with Crippen LogP contribution in [0.1, 0.15) is 19.8 Å². The van der Waals surface area contributed by atoms with Crippen LogP contribution in [0.2, 0.25) is 0 Å². The Morgan fingerprint density at radius 2 is 2.00 bits per heavy atom. The Kier molecular flexibility index (Phi) is 6.80. The van der Waals surface area contributed by atoms with Crippen LogP contribution in [0.15, 0.2) is 29.2 Å². The van der Waals surface area contributed by atoms with Crippen LogP contribution in [0.25, 0.3) is 0 Å². The lowest BCUT2D eigenvalue weighted by molar-refractivity contribution is -0.119. The number of carbonyl (C=O) groups is 1. The van der Waals surface area contributed by atoms with E-state index in [1.54, 1.807) is 24.3 Å². The summed E-state index contributed by atoms with van der Waals surface area (Å²) in [5.74, 6) is -2.77. The molecule has 0 spiro atoms. The third-order valence-electron chi connectivity index (χ3n) is 2.64. The standard InChI is InChI=1S/C13H18F2N2OS/c1-2-3-9(8-16)12(18)17-10-4-6-11(7-5-10)19-13(14)15/h4-7,9,13H,2-3,8,16H2,1H3,(H,17,18). The smallest absolute Gasteiger partial charge is 0.288 e. The fourth-order valence-electron chi connectivity index (χ4n) is 1.67. The Morgan fingerprint density at radius 1 is 1.37 bits per heavy atom. The van der Waals surface area contributed by atoms with E-state index in [0.29, 0.717) is 28.9 Å². The molecule has 0 aliphatic heterocycles. The summed E-state index contributed by atoms with van der Waals surface area (Å²) in [5, 5.41) is 2.74. The minimum Gasteiger partial charge on any atom is -0.330 e. The van der Waals surface area contributed by atoms with E-state index in [4.69, 9.17) is 5.73 Å². The van der Waals surface area contributed by atoms with Gasteiger partial charge < -0.3 is 11.1 Å². The predicted molar refractivity (Wildman–Crippen MR) is 74.4 cm³/mol. The lowest BCUT2D eigenvalue weighted by atomic mass is 10.0. The zero-order valence-electron chi connectivity index (χ0n) is 10.7. The van der Waals surface area contributed by atoms with Crippen LogP contribution >= 0.6 is 11.8 Å². The molecule has 0 heterocycles. The van der Waals surface area contributed by atoms with Gasteiger partial charge in [0.15, 0.2) is 0 Å². The Balaban J connectivity index is 2.59. The third-order valence-corrected chi connectivity index (χ3v) is 3.36. The summed E-state index contributed by atoms with van der Waals surface area (Å²) < 4.78 is 24.3. The summed E-state index contributed by atoms with van der Waals surface area (Å²) in [7, 11) is 0. The highest BCUT2D eigenvalue weighted by atomic mass is 32.2. The minimum absolute atomic E-state index is 0.126. The van der Waals surface area contributed by atoms with Crippen molar-refractivity contribution in [2.45, 2.75) is 30.4 Å². The number of rotatable bonds is 7. The van der Waals surface area contributed by atoms with E-state index in [2.05, 4.69) is 5.32 Å². The average Bonchev–Trinajstić information content (AvgIpc) is 2.37. The van der Waals surface area contributed by atoms with Crippen molar-refractivity contribution in [1.82, 2.24) is 0 Å². The van der Waals surface area contributed by atoms with Gasteiger partial charge >= 0.3 is 0 Å². The first-order chi connectivity index (χ1) is 9.06. The molecule has 106 valence electrons. The number of hydrogen-bond acceptors (Lipinski definition) is 3. The second-order valence-corrected chi connectivity index (χ2v) is 5.18. The molecule has 1 amide bonds. The maximum absolute atomic E-state index is 12.1. The van der Waals surface area contributed by atoms with Crippen LogP contribution in [0.4, 0.5) is 14.5 Å². The van der Waals surface area contributed by atoms with Gasteiger partial charge in [-0.05, 0) is 30.7 Å². The summed E-state index contributed by atoms with van der Waals surface area (Å²) in [4.78, 5) is 12.3. The van der Waals surface area contributed by atoms with Crippen LogP contribution in [0, 0.1) is 5.92 Å². The Hall–Kier alpha value is -1.14. The summed E-state index contributed by atoms with van der Waals surface area (Å²) in [6.07, 6.45) is 1.63. The topological polar surface area (TPSA) is 55.1 Å². The van der Waals surface area contributed by atoms with E-state index in [1.165, 1.54) is 0 Å². The lowest BCUT2D eigenvalue weighted by Crippen LogP contribution is -2.29. The molecule has 0 radical (unpaired) electrons. The highest BCUT2D eigenvalue weighted by Crippen LogP contribution is 2.26. The zero-order chi connectivity index (χ0) is 14.3. The molecule has 0 aliphatic carbocycles. The second-order valence-electron chi connectivity index (χ2n) is 4.11. The molecule has 3 N–H and O–H groups in total. The summed E-state index contributed by atoms with van der Waals surface area (Å²) in [6.45, 7) is 2.30. The number of nitrogens with one attached hydrogen (secondary N) is 1. The molecular formula is C13H18F2N2OS. The number of hydrogen-bond donors (Lipinski definition) is 2. The molecule has 1 unspecified atom stereocenters. The molecule has 0 saturated heterocycles. The third kappa shape index (κ3) is 5.57. The molecule has 1 atom stereocenters. The van der Waals surface area contributed by atoms with E-state index >= 15 is 0 Å². The first kappa shape index (κ1) is 15.9. The predicted octanol–water partition coefficient (Wildman–Crippen LogP) is 3.31. The van der Waals surface area contributed by atoms with Gasteiger partial charge in [0.25, 0.3) is 5.76 Å². The van der Waals surface area contributed by atoms with Crippen molar-refractivity contribution in [1.29, 1.82) is 0 Å². The summed E-state index contributed by atoms with van der Waals surface area (Å²) in [5.41, 5.74) is 6.14. The molecule has 0 aliphatic rings. The average molecular weight is 288 g/mol. The van der Waals surface area contributed by atoms with Gasteiger partial charge in [0, 0.05) is 17.1 Å². The Morgan fingerprint density at radius 3 is 2.47 bits per heavy atom. The van der Waals surface area contributed by atoms with Gasteiger partial charge in [0.1, 0.15) is 0 Å². The molecule has 3 nitrogen and oxygen atoms in total. The lowest BCUT2D eigenvalue weighted by Gasteiger charge is -2.14. The second kappa shape index (κ2) is 8.12. The first-order valence-corrected chi connectivity index (χ1v) is 7.00. The van der Waals surface area contributed by atoms with E-state index < -0.39 is 5.76 Å². The number of benzene rings is 1. The number of halogens is 2. The van der Waals surface area contributed by atoms with Gasteiger partial charge in [-0.2, -0.15) is 8.78 Å². The molecule has 1 aromatic rings. The maximum Gasteiger partial charge on any atom is 0.288 e. The van der Waals surface area contributed by atoms with Gasteiger partial charge in [-0.15, -0.1) is 0 Å². The molecule has 0 aromatic heterocycles. The molecule has 0 saturated carbocycles. The first-order valence-electron chi connectivity index (χ1n) is 6.12. The summed E-state index contributed by atoms with van der Waals surface area (Å²) >= 11 is 0.479. The van der Waals surface area contributed by atoms with Gasteiger partial charge in [-0.1, -0.05) is 25.1 Å². The fraction of sp³-hybridized carbons (Fsp3) is 0.462. The van der Waals surface area contributed by atoms with Crippen molar-refractivity contribution in [3.05, 3.63) is 24.3 Å². The minimum atomic E-state index is -2.44.